The van der Waals surface area contributed by atoms with Gasteiger partial charge < -0.3 is 14.8 Å². The topological polar surface area (TPSA) is 67.2 Å². The third-order valence-corrected chi connectivity index (χ3v) is 3.82. The minimum absolute atomic E-state index is 0.468. The van der Waals surface area contributed by atoms with Crippen LogP contribution in [0.5, 0.6) is 11.5 Å². The summed E-state index contributed by atoms with van der Waals surface area (Å²) in [5.41, 5.74) is 3.89. The standard InChI is InChI=1S/C19H17N3O2/c1-12-4-6-14(7-5-12)22-17-13(10-20)11-21-18-15(17)8-9-16(23-2)19(18)24-3/h4-9,11H,1-3H3,(H,21,22). The molecule has 0 saturated carbocycles. The molecule has 0 unspecified atom stereocenters. The number of hydrogen-bond acceptors (Lipinski definition) is 5. The van der Waals surface area contributed by atoms with Crippen LogP contribution < -0.4 is 14.8 Å². The second-order valence-corrected chi connectivity index (χ2v) is 5.35. The molecule has 0 aliphatic rings. The molecule has 0 spiro atoms. The highest BCUT2D eigenvalue weighted by molar-refractivity contribution is 5.99. The quantitative estimate of drug-likeness (QED) is 0.781. The molecule has 1 heterocycles. The first kappa shape index (κ1) is 15.6. The average molecular weight is 319 g/mol. The van der Waals surface area contributed by atoms with E-state index in [-0.39, 0.29) is 0 Å². The lowest BCUT2D eigenvalue weighted by atomic mass is 10.1. The second kappa shape index (κ2) is 6.47. The van der Waals surface area contributed by atoms with Gasteiger partial charge in [0.15, 0.2) is 11.5 Å². The summed E-state index contributed by atoms with van der Waals surface area (Å²) in [5.74, 6) is 1.15. The number of rotatable bonds is 4. The predicted octanol–water partition coefficient (Wildman–Crippen LogP) is 4.18. The van der Waals surface area contributed by atoms with Crippen molar-refractivity contribution in [1.29, 1.82) is 5.26 Å². The molecule has 5 heteroatoms. The number of hydrogen-bond donors (Lipinski definition) is 1. The largest absolute Gasteiger partial charge is 0.493 e. The van der Waals surface area contributed by atoms with Gasteiger partial charge in [0, 0.05) is 17.3 Å². The number of aromatic nitrogens is 1. The first-order valence-electron chi connectivity index (χ1n) is 7.45. The summed E-state index contributed by atoms with van der Waals surface area (Å²) in [5, 5.41) is 13.6. The molecule has 5 nitrogen and oxygen atoms in total. The van der Waals surface area contributed by atoms with Crippen molar-refractivity contribution in [2.45, 2.75) is 6.92 Å². The van der Waals surface area contributed by atoms with Crippen molar-refractivity contribution < 1.29 is 9.47 Å². The van der Waals surface area contributed by atoms with Crippen LogP contribution in [-0.4, -0.2) is 19.2 Å². The summed E-state index contributed by atoms with van der Waals surface area (Å²) < 4.78 is 10.8. The Morgan fingerprint density at radius 1 is 1.04 bits per heavy atom. The number of methoxy groups -OCH3 is 2. The molecule has 120 valence electrons. The molecular formula is C19H17N3O2. The lowest BCUT2D eigenvalue weighted by Gasteiger charge is -2.15. The smallest absolute Gasteiger partial charge is 0.187 e. The molecule has 0 aliphatic heterocycles. The predicted molar refractivity (Wildman–Crippen MR) is 94.0 cm³/mol. The number of anilines is 2. The van der Waals surface area contributed by atoms with Crippen LogP contribution >= 0.6 is 0 Å². The van der Waals surface area contributed by atoms with E-state index in [0.29, 0.717) is 28.3 Å². The van der Waals surface area contributed by atoms with Gasteiger partial charge >= 0.3 is 0 Å². The molecule has 0 atom stereocenters. The van der Waals surface area contributed by atoms with E-state index in [1.807, 2.05) is 43.3 Å². The molecular weight excluding hydrogens is 302 g/mol. The molecule has 2 aromatic carbocycles. The minimum atomic E-state index is 0.468. The Kier molecular flexibility index (Phi) is 4.21. The molecule has 24 heavy (non-hydrogen) atoms. The fraction of sp³-hybridized carbons (Fsp3) is 0.158. The number of ether oxygens (including phenoxy) is 2. The number of nitriles is 1. The summed E-state index contributed by atoms with van der Waals surface area (Å²) in [6.07, 6.45) is 1.54. The van der Waals surface area contributed by atoms with Crippen molar-refractivity contribution in [2.24, 2.45) is 0 Å². The maximum Gasteiger partial charge on any atom is 0.187 e. The normalized spacial score (nSPS) is 10.2. The average Bonchev–Trinajstić information content (AvgIpc) is 2.62. The van der Waals surface area contributed by atoms with Crippen molar-refractivity contribution in [1.82, 2.24) is 4.98 Å². The van der Waals surface area contributed by atoms with Gasteiger partial charge in [-0.15, -0.1) is 0 Å². The minimum Gasteiger partial charge on any atom is -0.493 e. The highest BCUT2D eigenvalue weighted by atomic mass is 16.5. The van der Waals surface area contributed by atoms with Crippen LogP contribution in [0.15, 0.2) is 42.6 Å². The Morgan fingerprint density at radius 2 is 1.79 bits per heavy atom. The maximum atomic E-state index is 9.44. The number of nitrogens with zero attached hydrogens (tertiary/aromatic N) is 2. The highest BCUT2D eigenvalue weighted by Gasteiger charge is 2.16. The second-order valence-electron chi connectivity index (χ2n) is 5.35. The zero-order chi connectivity index (χ0) is 17.1. The summed E-state index contributed by atoms with van der Waals surface area (Å²) in [7, 11) is 3.16. The van der Waals surface area contributed by atoms with E-state index < -0.39 is 0 Å². The van der Waals surface area contributed by atoms with Crippen LogP contribution in [0.4, 0.5) is 11.4 Å². The van der Waals surface area contributed by atoms with E-state index >= 15 is 0 Å². The molecule has 3 aromatic rings. The molecule has 0 bridgehead atoms. The Labute approximate surface area is 140 Å². The van der Waals surface area contributed by atoms with E-state index in [0.717, 1.165) is 11.1 Å². The van der Waals surface area contributed by atoms with Gasteiger partial charge in [-0.3, -0.25) is 4.98 Å². The third kappa shape index (κ3) is 2.70. The van der Waals surface area contributed by atoms with Crippen LogP contribution in [0.25, 0.3) is 10.9 Å². The van der Waals surface area contributed by atoms with Crippen LogP contribution in [0.2, 0.25) is 0 Å². The molecule has 0 fully saturated rings. The van der Waals surface area contributed by atoms with E-state index in [1.54, 1.807) is 20.4 Å². The van der Waals surface area contributed by atoms with Crippen LogP contribution in [0, 0.1) is 18.3 Å². The van der Waals surface area contributed by atoms with Crippen LogP contribution in [0.1, 0.15) is 11.1 Å². The van der Waals surface area contributed by atoms with E-state index in [4.69, 9.17) is 9.47 Å². The van der Waals surface area contributed by atoms with E-state index in [1.165, 1.54) is 5.56 Å². The number of fused-ring (bicyclic) bond motifs is 1. The lowest BCUT2D eigenvalue weighted by Crippen LogP contribution is -1.99. The Hall–Kier alpha value is -3.26. The number of aryl methyl sites for hydroxylation is 1. The zero-order valence-corrected chi connectivity index (χ0v) is 13.8. The first-order valence-corrected chi connectivity index (χ1v) is 7.45. The van der Waals surface area contributed by atoms with Gasteiger partial charge in [-0.2, -0.15) is 5.26 Å². The molecule has 0 radical (unpaired) electrons. The van der Waals surface area contributed by atoms with Gasteiger partial charge in [0.25, 0.3) is 0 Å². The van der Waals surface area contributed by atoms with Gasteiger partial charge in [0.2, 0.25) is 0 Å². The lowest BCUT2D eigenvalue weighted by molar-refractivity contribution is 0.358. The van der Waals surface area contributed by atoms with E-state index in [2.05, 4.69) is 16.4 Å². The van der Waals surface area contributed by atoms with Crippen LogP contribution in [0.3, 0.4) is 0 Å². The van der Waals surface area contributed by atoms with Crippen molar-refractivity contribution in [3.05, 3.63) is 53.7 Å². The first-order chi connectivity index (χ1) is 11.7. The summed E-state index contributed by atoms with van der Waals surface area (Å²) in [6.45, 7) is 2.03. The molecule has 0 aliphatic carbocycles. The van der Waals surface area contributed by atoms with Gasteiger partial charge in [-0.05, 0) is 31.2 Å². The Balaban J connectivity index is 2.21. The molecule has 0 saturated heterocycles. The summed E-state index contributed by atoms with van der Waals surface area (Å²) >= 11 is 0. The van der Waals surface area contributed by atoms with Crippen LogP contribution in [-0.2, 0) is 0 Å². The Morgan fingerprint density at radius 3 is 2.42 bits per heavy atom. The third-order valence-electron chi connectivity index (χ3n) is 3.82. The summed E-state index contributed by atoms with van der Waals surface area (Å²) in [4.78, 5) is 4.38. The van der Waals surface area contributed by atoms with E-state index in [9.17, 15) is 5.26 Å². The van der Waals surface area contributed by atoms with Crippen molar-refractivity contribution in [3.8, 4) is 17.6 Å². The molecule has 0 amide bonds. The number of benzene rings is 2. The van der Waals surface area contributed by atoms with Crippen molar-refractivity contribution in [2.75, 3.05) is 19.5 Å². The molecule has 1 aromatic heterocycles. The van der Waals surface area contributed by atoms with Crippen molar-refractivity contribution >= 4 is 22.3 Å². The highest BCUT2D eigenvalue weighted by Crippen LogP contribution is 2.38. The molecule has 3 rings (SSSR count). The van der Waals surface area contributed by atoms with Gasteiger partial charge in [0.1, 0.15) is 11.6 Å². The zero-order valence-electron chi connectivity index (χ0n) is 13.8. The van der Waals surface area contributed by atoms with Gasteiger partial charge in [-0.1, -0.05) is 17.7 Å². The number of pyridine rings is 1. The van der Waals surface area contributed by atoms with Gasteiger partial charge in [-0.25, -0.2) is 0 Å². The fourth-order valence-electron chi connectivity index (χ4n) is 2.58. The monoisotopic (exact) mass is 319 g/mol. The number of nitrogens with one attached hydrogen (secondary N) is 1. The maximum absolute atomic E-state index is 9.44. The van der Waals surface area contributed by atoms with Crippen molar-refractivity contribution in [3.63, 3.8) is 0 Å². The Bertz CT molecular complexity index is 928. The SMILES string of the molecule is COc1ccc2c(Nc3ccc(C)cc3)c(C#N)cnc2c1OC. The summed E-state index contributed by atoms with van der Waals surface area (Å²) in [6, 6.07) is 13.9. The van der Waals surface area contributed by atoms with Gasteiger partial charge in [0.05, 0.1) is 25.5 Å². The fourth-order valence-corrected chi connectivity index (χ4v) is 2.58. The molecule has 1 N–H and O–H groups in total.